The lowest BCUT2D eigenvalue weighted by atomic mass is 9.98. The van der Waals surface area contributed by atoms with E-state index in [1.54, 1.807) is 0 Å². The summed E-state index contributed by atoms with van der Waals surface area (Å²) in [6.45, 7) is 0. The minimum atomic E-state index is 0.837. The molecule has 0 amide bonds. The number of para-hydroxylation sites is 1. The van der Waals surface area contributed by atoms with Crippen LogP contribution in [0.5, 0.6) is 0 Å². The Morgan fingerprint density at radius 1 is 0.385 bits per heavy atom. The third kappa shape index (κ3) is 3.69. The van der Waals surface area contributed by atoms with Crippen molar-refractivity contribution in [1.29, 1.82) is 0 Å². The normalized spacial score (nSPS) is 12.2. The monoisotopic (exact) mass is 677 g/mol. The molecule has 0 bridgehead atoms. The number of nitrogens with zero attached hydrogens (tertiary/aromatic N) is 3. The van der Waals surface area contributed by atoms with E-state index in [0.717, 1.165) is 44.4 Å². The first kappa shape index (κ1) is 28.1. The second-order valence-corrected chi connectivity index (χ2v) is 14.7. The highest BCUT2D eigenvalue weighted by atomic mass is 32.1. The lowest BCUT2D eigenvalue weighted by Gasteiger charge is -2.16. The van der Waals surface area contributed by atoms with Gasteiger partial charge < -0.3 is 0 Å². The van der Waals surface area contributed by atoms with Crippen molar-refractivity contribution in [2.24, 2.45) is 0 Å². The van der Waals surface area contributed by atoms with Crippen LogP contribution in [-0.4, -0.2) is 14.5 Å². The Morgan fingerprint density at radius 3 is 1.67 bits per heavy atom. The highest BCUT2D eigenvalue weighted by Crippen LogP contribution is 2.50. The number of thiophene rings is 1. The van der Waals surface area contributed by atoms with E-state index in [4.69, 9.17) is 9.97 Å². The minimum Gasteiger partial charge on any atom is -0.290 e. The molecule has 0 radical (unpaired) electrons. The number of hydrogen-bond donors (Lipinski definition) is 0. The van der Waals surface area contributed by atoms with Gasteiger partial charge in [-0.3, -0.25) is 4.57 Å². The summed E-state index contributed by atoms with van der Waals surface area (Å²) in [6, 6.07) is 58.9. The van der Waals surface area contributed by atoms with E-state index < -0.39 is 0 Å². The summed E-state index contributed by atoms with van der Waals surface area (Å²) in [5.41, 5.74) is 6.03. The predicted molar refractivity (Wildman–Crippen MR) is 222 cm³/mol. The Morgan fingerprint density at radius 2 is 0.942 bits per heavy atom. The summed E-state index contributed by atoms with van der Waals surface area (Å²) in [6.07, 6.45) is 0. The molecule has 0 aliphatic carbocycles. The third-order valence-corrected chi connectivity index (χ3v) is 12.2. The van der Waals surface area contributed by atoms with Gasteiger partial charge >= 0.3 is 0 Å². The lowest BCUT2D eigenvalue weighted by molar-refractivity contribution is 1.09. The first-order chi connectivity index (χ1) is 25.8. The van der Waals surface area contributed by atoms with Crippen LogP contribution in [0.25, 0.3) is 113 Å². The van der Waals surface area contributed by atoms with Crippen LogP contribution in [0, 0.1) is 0 Å². The third-order valence-electron chi connectivity index (χ3n) is 10.9. The standard InChI is InChI=1S/C48H27N3S/c1-2-15-29(16-3-1)42-48(50-44-36-23-11-7-19-32(36)31-18-6-10-22-35(31)43(44)49-42)51-39-25-13-12-24-37(39)40-33-20-8-9-21-34(33)41-38-27-26-28-14-4-5-17-30(28)46(38)52-47(41)45(40)51/h1-27H. The molecule has 0 N–H and O–H groups in total. The van der Waals surface area contributed by atoms with Crippen molar-refractivity contribution in [3.05, 3.63) is 164 Å². The molecule has 0 unspecified atom stereocenters. The Labute approximate surface area is 301 Å². The van der Waals surface area contributed by atoms with Crippen LogP contribution >= 0.6 is 11.3 Å². The van der Waals surface area contributed by atoms with Crippen LogP contribution in [0.3, 0.4) is 0 Å². The van der Waals surface area contributed by atoms with Gasteiger partial charge in [0.15, 0.2) is 5.82 Å². The summed E-state index contributed by atoms with van der Waals surface area (Å²) in [5.74, 6) is 0.837. The SMILES string of the molecule is c1ccc(-c2nc3c4ccccc4c4ccccc4c3nc2-n2c3ccccc3c3c4ccccc4c4c5ccc6ccccc6c5sc4c32)cc1. The first-order valence-electron chi connectivity index (χ1n) is 17.7. The molecule has 0 aliphatic heterocycles. The Hall–Kier alpha value is -6.62. The van der Waals surface area contributed by atoms with Crippen LogP contribution in [0.15, 0.2) is 164 Å². The fourth-order valence-electron chi connectivity index (χ4n) is 8.72. The molecule has 3 aromatic heterocycles. The Balaban J connectivity index is 1.36. The average Bonchev–Trinajstić information content (AvgIpc) is 3.78. The van der Waals surface area contributed by atoms with Crippen LogP contribution < -0.4 is 0 Å². The molecule has 4 heteroatoms. The summed E-state index contributed by atoms with van der Waals surface area (Å²) in [4.78, 5) is 11.4. The maximum Gasteiger partial charge on any atom is 0.165 e. The van der Waals surface area contributed by atoms with Gasteiger partial charge in [0, 0.05) is 42.6 Å². The number of benzene rings is 9. The van der Waals surface area contributed by atoms with E-state index in [2.05, 4.69) is 168 Å². The molecule has 0 spiro atoms. The average molecular weight is 678 g/mol. The number of fused-ring (bicyclic) bond motifs is 18. The predicted octanol–water partition coefficient (Wildman–Crippen LogP) is 13.4. The topological polar surface area (TPSA) is 30.7 Å². The summed E-state index contributed by atoms with van der Waals surface area (Å²) in [5, 5.41) is 14.7. The molecule has 12 aromatic rings. The first-order valence-corrected chi connectivity index (χ1v) is 18.5. The molecule has 3 nitrogen and oxygen atoms in total. The zero-order valence-electron chi connectivity index (χ0n) is 27.8. The van der Waals surface area contributed by atoms with E-state index in [1.165, 1.54) is 68.8 Å². The lowest BCUT2D eigenvalue weighted by Crippen LogP contribution is -2.04. The van der Waals surface area contributed by atoms with Crippen LogP contribution in [-0.2, 0) is 0 Å². The van der Waals surface area contributed by atoms with E-state index in [1.807, 2.05) is 11.3 Å². The zero-order chi connectivity index (χ0) is 33.9. The second-order valence-electron chi connectivity index (χ2n) is 13.6. The van der Waals surface area contributed by atoms with Crippen molar-refractivity contribution >= 4 is 107 Å². The highest BCUT2D eigenvalue weighted by Gasteiger charge is 2.26. The largest absolute Gasteiger partial charge is 0.290 e. The Kier molecular flexibility index (Phi) is 5.65. The Bertz CT molecular complexity index is 3470. The summed E-state index contributed by atoms with van der Waals surface area (Å²) < 4.78 is 5.00. The van der Waals surface area contributed by atoms with Crippen molar-refractivity contribution in [1.82, 2.24) is 14.5 Å². The zero-order valence-corrected chi connectivity index (χ0v) is 28.7. The van der Waals surface area contributed by atoms with Crippen molar-refractivity contribution in [3.8, 4) is 17.1 Å². The molecule has 0 fully saturated rings. The molecule has 52 heavy (non-hydrogen) atoms. The van der Waals surface area contributed by atoms with Gasteiger partial charge in [-0.25, -0.2) is 9.97 Å². The van der Waals surface area contributed by atoms with Crippen molar-refractivity contribution in [3.63, 3.8) is 0 Å². The smallest absolute Gasteiger partial charge is 0.165 e. The summed E-state index contributed by atoms with van der Waals surface area (Å²) >= 11 is 1.90. The van der Waals surface area contributed by atoms with E-state index in [-0.39, 0.29) is 0 Å². The molecular formula is C48H27N3S. The highest BCUT2D eigenvalue weighted by molar-refractivity contribution is 7.27. The van der Waals surface area contributed by atoms with Crippen molar-refractivity contribution in [2.75, 3.05) is 0 Å². The summed E-state index contributed by atoms with van der Waals surface area (Å²) in [7, 11) is 0. The molecular weight excluding hydrogens is 651 g/mol. The number of aromatic nitrogens is 3. The molecule has 3 heterocycles. The maximum absolute atomic E-state index is 5.77. The van der Waals surface area contributed by atoms with Gasteiger partial charge in [0.25, 0.3) is 0 Å². The van der Waals surface area contributed by atoms with Gasteiger partial charge in [-0.05, 0) is 38.4 Å². The second kappa shape index (κ2) is 10.5. The molecule has 0 atom stereocenters. The molecule has 0 saturated carbocycles. The fraction of sp³-hybridized carbons (Fsp3) is 0. The van der Waals surface area contributed by atoms with Crippen LogP contribution in [0.4, 0.5) is 0 Å². The molecule has 9 aromatic carbocycles. The quantitative estimate of drug-likeness (QED) is 0.171. The molecule has 0 aliphatic rings. The van der Waals surface area contributed by atoms with Gasteiger partial charge in [0.05, 0.1) is 26.8 Å². The number of rotatable bonds is 2. The van der Waals surface area contributed by atoms with Crippen LogP contribution in [0.1, 0.15) is 0 Å². The van der Waals surface area contributed by atoms with E-state index in [0.29, 0.717) is 0 Å². The minimum absolute atomic E-state index is 0.837. The van der Waals surface area contributed by atoms with Gasteiger partial charge in [-0.15, -0.1) is 11.3 Å². The van der Waals surface area contributed by atoms with Gasteiger partial charge in [0.1, 0.15) is 5.69 Å². The van der Waals surface area contributed by atoms with E-state index in [9.17, 15) is 0 Å². The van der Waals surface area contributed by atoms with Crippen molar-refractivity contribution < 1.29 is 0 Å². The molecule has 0 saturated heterocycles. The molecule has 12 rings (SSSR count). The van der Waals surface area contributed by atoms with Crippen molar-refractivity contribution in [2.45, 2.75) is 0 Å². The maximum atomic E-state index is 5.77. The van der Waals surface area contributed by atoms with Gasteiger partial charge in [-0.1, -0.05) is 158 Å². The van der Waals surface area contributed by atoms with E-state index >= 15 is 0 Å². The number of hydrogen-bond acceptors (Lipinski definition) is 3. The van der Waals surface area contributed by atoms with Crippen LogP contribution in [0.2, 0.25) is 0 Å². The van der Waals surface area contributed by atoms with Gasteiger partial charge in [-0.2, -0.15) is 0 Å². The molecule has 240 valence electrons. The fourth-order valence-corrected chi connectivity index (χ4v) is 10.1. The van der Waals surface area contributed by atoms with Gasteiger partial charge in [0.2, 0.25) is 0 Å².